The summed E-state index contributed by atoms with van der Waals surface area (Å²) >= 11 is 0. The Kier molecular flexibility index (Phi) is 10.7. The molecule has 170 valence electrons. The maximum absolute atomic E-state index is 12.2. The highest BCUT2D eigenvalue weighted by Crippen LogP contribution is 2.33. The molecule has 0 saturated heterocycles. The first-order chi connectivity index (χ1) is 14.0. The van der Waals surface area contributed by atoms with E-state index in [1.165, 1.54) is 0 Å². The Morgan fingerprint density at radius 3 is 1.97 bits per heavy atom. The fourth-order valence-corrected chi connectivity index (χ4v) is 3.50. The van der Waals surface area contributed by atoms with Crippen molar-refractivity contribution in [2.75, 3.05) is 0 Å². The molecule has 1 aromatic carbocycles. The number of esters is 1. The zero-order valence-electron chi connectivity index (χ0n) is 19.7. The van der Waals surface area contributed by atoms with E-state index in [4.69, 9.17) is 9.47 Å². The number of ether oxygens (including phenoxy) is 2. The van der Waals surface area contributed by atoms with Crippen molar-refractivity contribution in [2.45, 2.75) is 79.8 Å². The number of allylic oxidation sites excluding steroid dienone is 1. The summed E-state index contributed by atoms with van der Waals surface area (Å²) in [6, 6.07) is 9.88. The third-order valence-corrected chi connectivity index (χ3v) is 5.90. The molecule has 0 fully saturated rings. The van der Waals surface area contributed by atoms with Crippen LogP contribution in [-0.4, -0.2) is 34.5 Å². The van der Waals surface area contributed by atoms with Crippen LogP contribution in [0.25, 0.3) is 0 Å². The van der Waals surface area contributed by atoms with Gasteiger partial charge in [-0.25, -0.2) is 0 Å². The second-order valence-corrected chi connectivity index (χ2v) is 8.66. The minimum absolute atomic E-state index is 0.214. The molecule has 5 heteroatoms. The van der Waals surface area contributed by atoms with Crippen LogP contribution in [0.15, 0.2) is 42.2 Å². The Labute approximate surface area is 182 Å². The van der Waals surface area contributed by atoms with Gasteiger partial charge >= 0.3 is 5.97 Å². The van der Waals surface area contributed by atoms with Crippen LogP contribution in [-0.2, 0) is 14.3 Å². The van der Waals surface area contributed by atoms with Gasteiger partial charge in [0.05, 0.1) is 30.3 Å². The second kappa shape index (κ2) is 12.2. The van der Waals surface area contributed by atoms with Crippen molar-refractivity contribution < 1.29 is 24.5 Å². The Balaban J connectivity index is 3.18. The molecule has 0 bridgehead atoms. The first-order valence-electron chi connectivity index (χ1n) is 11.0. The SMILES string of the molecule is C/C=C(\OC(=O)C(C)C)[C@@H](C)[C@@H](O[C@@H](C)c1ccccc1)[C@H](C)[C@H](O)[C@H](C)[C@@H](C)O. The van der Waals surface area contributed by atoms with E-state index >= 15 is 0 Å². The monoisotopic (exact) mass is 420 g/mol. The summed E-state index contributed by atoms with van der Waals surface area (Å²) < 4.78 is 12.1. The maximum atomic E-state index is 12.2. The van der Waals surface area contributed by atoms with Crippen LogP contribution in [0.5, 0.6) is 0 Å². The van der Waals surface area contributed by atoms with E-state index in [1.807, 2.05) is 65.0 Å². The van der Waals surface area contributed by atoms with Crippen LogP contribution in [0.4, 0.5) is 0 Å². The molecule has 0 saturated carbocycles. The van der Waals surface area contributed by atoms with Gasteiger partial charge in [-0.3, -0.25) is 4.79 Å². The van der Waals surface area contributed by atoms with Gasteiger partial charge in [0.25, 0.3) is 0 Å². The van der Waals surface area contributed by atoms with Gasteiger partial charge in [-0.15, -0.1) is 0 Å². The minimum Gasteiger partial charge on any atom is -0.431 e. The summed E-state index contributed by atoms with van der Waals surface area (Å²) in [5.41, 5.74) is 1.03. The summed E-state index contributed by atoms with van der Waals surface area (Å²) in [7, 11) is 0. The molecule has 5 nitrogen and oxygen atoms in total. The molecular weight excluding hydrogens is 380 g/mol. The molecule has 30 heavy (non-hydrogen) atoms. The Morgan fingerprint density at radius 2 is 1.50 bits per heavy atom. The highest BCUT2D eigenvalue weighted by atomic mass is 16.5. The van der Waals surface area contributed by atoms with Gasteiger partial charge in [-0.05, 0) is 32.4 Å². The van der Waals surface area contributed by atoms with Gasteiger partial charge in [0.1, 0.15) is 5.76 Å². The Bertz CT molecular complexity index is 667. The van der Waals surface area contributed by atoms with E-state index in [9.17, 15) is 15.0 Å². The molecule has 0 spiro atoms. The first kappa shape index (κ1) is 26.3. The van der Waals surface area contributed by atoms with Crippen molar-refractivity contribution in [1.82, 2.24) is 0 Å². The van der Waals surface area contributed by atoms with Crippen LogP contribution in [0.2, 0.25) is 0 Å². The Morgan fingerprint density at radius 1 is 0.933 bits per heavy atom. The van der Waals surface area contributed by atoms with E-state index in [1.54, 1.807) is 26.8 Å². The van der Waals surface area contributed by atoms with Crippen molar-refractivity contribution in [1.29, 1.82) is 0 Å². The minimum atomic E-state index is -0.778. The second-order valence-electron chi connectivity index (χ2n) is 8.66. The van der Waals surface area contributed by atoms with Crippen molar-refractivity contribution in [3.63, 3.8) is 0 Å². The number of rotatable bonds is 11. The number of carbonyl (C=O) groups excluding carboxylic acids is 1. The normalized spacial score (nSPS) is 19.5. The first-order valence-corrected chi connectivity index (χ1v) is 11.0. The zero-order valence-corrected chi connectivity index (χ0v) is 19.7. The lowest BCUT2D eigenvalue weighted by molar-refractivity contribution is -0.146. The predicted octanol–water partition coefficient (Wildman–Crippen LogP) is 4.89. The Hall–Kier alpha value is -1.69. The van der Waals surface area contributed by atoms with Crippen LogP contribution in [0.1, 0.15) is 67.1 Å². The molecule has 0 aromatic heterocycles. The largest absolute Gasteiger partial charge is 0.431 e. The lowest BCUT2D eigenvalue weighted by Gasteiger charge is -2.37. The van der Waals surface area contributed by atoms with Gasteiger partial charge < -0.3 is 19.7 Å². The van der Waals surface area contributed by atoms with Crippen LogP contribution in [0, 0.1) is 23.7 Å². The van der Waals surface area contributed by atoms with Gasteiger partial charge in [0, 0.05) is 17.8 Å². The summed E-state index contributed by atoms with van der Waals surface area (Å²) in [6.45, 7) is 14.8. The summed E-state index contributed by atoms with van der Waals surface area (Å²) in [6.07, 6.45) is -0.285. The molecule has 0 aliphatic carbocycles. The van der Waals surface area contributed by atoms with Crippen molar-refractivity contribution in [3.05, 3.63) is 47.7 Å². The highest BCUT2D eigenvalue weighted by molar-refractivity contribution is 5.72. The van der Waals surface area contributed by atoms with Gasteiger partial charge in [0.15, 0.2) is 0 Å². The third-order valence-electron chi connectivity index (χ3n) is 5.90. The van der Waals surface area contributed by atoms with Gasteiger partial charge in [-0.1, -0.05) is 65.0 Å². The summed E-state index contributed by atoms with van der Waals surface area (Å²) in [4.78, 5) is 12.2. The lowest BCUT2D eigenvalue weighted by atomic mass is 9.81. The molecule has 0 unspecified atom stereocenters. The quantitative estimate of drug-likeness (QED) is 0.394. The number of hydrogen-bond donors (Lipinski definition) is 2. The molecule has 0 aliphatic rings. The molecule has 1 aromatic rings. The van der Waals surface area contributed by atoms with E-state index in [0.29, 0.717) is 5.76 Å². The number of benzene rings is 1. The molecule has 0 radical (unpaired) electrons. The molecule has 0 heterocycles. The molecule has 0 aliphatic heterocycles. The average molecular weight is 421 g/mol. The lowest BCUT2D eigenvalue weighted by Crippen LogP contribution is -2.43. The molecular formula is C25H40O5. The maximum Gasteiger partial charge on any atom is 0.313 e. The molecule has 2 N–H and O–H groups in total. The van der Waals surface area contributed by atoms with Gasteiger partial charge in [-0.2, -0.15) is 0 Å². The van der Waals surface area contributed by atoms with E-state index in [0.717, 1.165) is 5.56 Å². The van der Waals surface area contributed by atoms with Crippen LogP contribution in [0.3, 0.4) is 0 Å². The molecule has 0 amide bonds. The number of carbonyl (C=O) groups is 1. The topological polar surface area (TPSA) is 76.0 Å². The smallest absolute Gasteiger partial charge is 0.313 e. The number of aliphatic hydroxyl groups is 2. The highest BCUT2D eigenvalue weighted by Gasteiger charge is 2.37. The molecule has 7 atom stereocenters. The summed E-state index contributed by atoms with van der Waals surface area (Å²) in [5, 5.41) is 20.9. The van der Waals surface area contributed by atoms with Crippen molar-refractivity contribution in [2.24, 2.45) is 23.7 Å². The predicted molar refractivity (Wildman–Crippen MR) is 120 cm³/mol. The fraction of sp³-hybridized carbons (Fsp3) is 0.640. The fourth-order valence-electron chi connectivity index (χ4n) is 3.50. The van der Waals surface area contributed by atoms with E-state index < -0.39 is 18.3 Å². The number of aliphatic hydroxyl groups excluding tert-OH is 2. The van der Waals surface area contributed by atoms with Gasteiger partial charge in [0.2, 0.25) is 0 Å². The van der Waals surface area contributed by atoms with E-state index in [2.05, 4.69) is 0 Å². The van der Waals surface area contributed by atoms with Crippen molar-refractivity contribution in [3.8, 4) is 0 Å². The summed E-state index contributed by atoms with van der Waals surface area (Å²) in [5.74, 6) is -0.901. The standard InChI is InChI=1S/C25H40O5/c1-9-22(30-25(28)15(2)3)17(5)24(18(6)23(27)16(4)19(7)26)29-20(8)21-13-11-10-12-14-21/h9-20,23-24,26-27H,1-8H3/b22-9-/t16-,17-,18-,19-,20+,23-,24-/m1/s1. The van der Waals surface area contributed by atoms with Crippen LogP contribution < -0.4 is 0 Å². The van der Waals surface area contributed by atoms with Crippen molar-refractivity contribution >= 4 is 5.97 Å². The molecule has 1 rings (SSSR count). The average Bonchev–Trinajstić information content (AvgIpc) is 2.73. The van der Waals surface area contributed by atoms with Crippen LogP contribution >= 0.6 is 0 Å². The zero-order chi connectivity index (χ0) is 23.0. The third kappa shape index (κ3) is 7.22. The van der Waals surface area contributed by atoms with E-state index in [-0.39, 0.29) is 35.7 Å². The number of hydrogen-bond acceptors (Lipinski definition) is 5.